The van der Waals surface area contributed by atoms with Crippen LogP contribution in [-0.2, 0) is 14.3 Å². The molecule has 4 atom stereocenters. The summed E-state index contributed by atoms with van der Waals surface area (Å²) in [7, 11) is 0. The lowest BCUT2D eigenvalue weighted by atomic mass is 9.92. The maximum absolute atomic E-state index is 12.1. The first-order chi connectivity index (χ1) is 9.65. The van der Waals surface area contributed by atoms with E-state index in [0.29, 0.717) is 5.56 Å². The second kappa shape index (κ2) is 5.25. The van der Waals surface area contributed by atoms with E-state index in [1.165, 1.54) is 6.92 Å². The Morgan fingerprint density at radius 2 is 1.95 bits per heavy atom. The maximum atomic E-state index is 12.1. The Kier molecular flexibility index (Phi) is 3.44. The van der Waals surface area contributed by atoms with Crippen LogP contribution in [0.2, 0.25) is 0 Å². The Bertz CT molecular complexity index is 516. The summed E-state index contributed by atoms with van der Waals surface area (Å²) in [5.74, 6) is -0.369. The number of fused-ring (bicyclic) bond motifs is 1. The summed E-state index contributed by atoms with van der Waals surface area (Å²) in [6.07, 6.45) is 1.23. The predicted octanol–water partition coefficient (Wildman–Crippen LogP) is 1.28. The molecule has 1 aliphatic heterocycles. The summed E-state index contributed by atoms with van der Waals surface area (Å²) in [6, 6.07) is 9.11. The van der Waals surface area contributed by atoms with Gasteiger partial charge < -0.3 is 14.8 Å². The van der Waals surface area contributed by atoms with Crippen molar-refractivity contribution in [3.63, 3.8) is 0 Å². The molecule has 106 valence electrons. The molecule has 1 amide bonds. The van der Waals surface area contributed by atoms with Crippen molar-refractivity contribution in [2.45, 2.75) is 44.1 Å². The Balaban J connectivity index is 1.57. The van der Waals surface area contributed by atoms with E-state index in [1.807, 2.05) is 18.2 Å². The lowest BCUT2D eigenvalue weighted by Crippen LogP contribution is -2.44. The van der Waals surface area contributed by atoms with Crippen LogP contribution in [0.3, 0.4) is 0 Å². The SMILES string of the molecule is CC(=O)OC1CCC(NC(=O)c2ccccc2)C2OC12. The van der Waals surface area contributed by atoms with Crippen LogP contribution in [0, 0.1) is 0 Å². The zero-order chi connectivity index (χ0) is 14.1. The van der Waals surface area contributed by atoms with Crippen molar-refractivity contribution in [3.8, 4) is 0 Å². The van der Waals surface area contributed by atoms with Gasteiger partial charge >= 0.3 is 5.97 Å². The number of nitrogens with one attached hydrogen (secondary N) is 1. The second-order valence-corrected chi connectivity index (χ2v) is 5.24. The van der Waals surface area contributed by atoms with Crippen molar-refractivity contribution in [2.24, 2.45) is 0 Å². The number of hydrogen-bond donors (Lipinski definition) is 1. The van der Waals surface area contributed by atoms with Crippen LogP contribution in [0.5, 0.6) is 0 Å². The highest BCUT2D eigenvalue weighted by molar-refractivity contribution is 5.94. The maximum Gasteiger partial charge on any atom is 0.302 e. The van der Waals surface area contributed by atoms with Crippen molar-refractivity contribution in [1.29, 1.82) is 0 Å². The van der Waals surface area contributed by atoms with E-state index >= 15 is 0 Å². The number of carbonyl (C=O) groups is 2. The quantitative estimate of drug-likeness (QED) is 0.666. The summed E-state index contributed by atoms with van der Waals surface area (Å²) in [4.78, 5) is 23.1. The lowest BCUT2D eigenvalue weighted by molar-refractivity contribution is -0.148. The fraction of sp³-hybridized carbons (Fsp3) is 0.467. The molecule has 1 N–H and O–H groups in total. The molecule has 5 nitrogen and oxygen atoms in total. The van der Waals surface area contributed by atoms with Crippen molar-refractivity contribution in [2.75, 3.05) is 0 Å². The summed E-state index contributed by atoms with van der Waals surface area (Å²) in [5.41, 5.74) is 0.645. The number of esters is 1. The highest BCUT2D eigenvalue weighted by Gasteiger charge is 2.54. The Labute approximate surface area is 117 Å². The summed E-state index contributed by atoms with van der Waals surface area (Å²) in [6.45, 7) is 1.40. The topological polar surface area (TPSA) is 67.9 Å². The number of carbonyl (C=O) groups excluding carboxylic acids is 2. The Hall–Kier alpha value is -1.88. The number of amides is 1. The molecule has 20 heavy (non-hydrogen) atoms. The zero-order valence-corrected chi connectivity index (χ0v) is 11.2. The number of epoxide rings is 1. The third-order valence-corrected chi connectivity index (χ3v) is 3.76. The van der Waals surface area contributed by atoms with Gasteiger partial charge in [0.1, 0.15) is 18.3 Å². The minimum absolute atomic E-state index is 0.000450. The summed E-state index contributed by atoms with van der Waals surface area (Å²) >= 11 is 0. The highest BCUT2D eigenvalue weighted by atomic mass is 16.6. The van der Waals surface area contributed by atoms with Crippen LogP contribution in [-0.4, -0.2) is 36.2 Å². The third-order valence-electron chi connectivity index (χ3n) is 3.76. The van der Waals surface area contributed by atoms with Gasteiger partial charge in [-0.3, -0.25) is 9.59 Å². The Morgan fingerprint density at radius 3 is 2.65 bits per heavy atom. The van der Waals surface area contributed by atoms with Gasteiger partial charge in [-0.2, -0.15) is 0 Å². The zero-order valence-electron chi connectivity index (χ0n) is 11.2. The van der Waals surface area contributed by atoms with Crippen LogP contribution >= 0.6 is 0 Å². The third kappa shape index (κ3) is 2.67. The highest BCUT2D eigenvalue weighted by Crippen LogP contribution is 2.38. The van der Waals surface area contributed by atoms with E-state index in [1.54, 1.807) is 12.1 Å². The van der Waals surface area contributed by atoms with Crippen LogP contribution < -0.4 is 5.32 Å². The first kappa shape index (κ1) is 13.1. The molecular formula is C15H17NO4. The van der Waals surface area contributed by atoms with Crippen LogP contribution in [0.4, 0.5) is 0 Å². The van der Waals surface area contributed by atoms with E-state index in [4.69, 9.17) is 9.47 Å². The van der Waals surface area contributed by atoms with Gasteiger partial charge in [-0.1, -0.05) is 18.2 Å². The number of rotatable bonds is 3. The molecule has 2 aliphatic rings. The normalized spacial score (nSPS) is 31.1. The molecule has 1 saturated carbocycles. The van der Waals surface area contributed by atoms with Crippen LogP contribution in [0.1, 0.15) is 30.1 Å². The largest absolute Gasteiger partial charge is 0.460 e. The standard InChI is InChI=1S/C15H17NO4/c1-9(17)19-12-8-7-11(13-14(12)20-13)16-15(18)10-5-3-2-4-6-10/h2-6,11-14H,7-8H2,1H3,(H,16,18). The van der Waals surface area contributed by atoms with Gasteiger partial charge in [-0.05, 0) is 25.0 Å². The van der Waals surface area contributed by atoms with Gasteiger partial charge in [0.2, 0.25) is 0 Å². The molecule has 1 aliphatic carbocycles. The van der Waals surface area contributed by atoms with E-state index < -0.39 is 0 Å². The molecule has 0 spiro atoms. The van der Waals surface area contributed by atoms with E-state index in [9.17, 15) is 9.59 Å². The molecule has 0 radical (unpaired) electrons. The van der Waals surface area contributed by atoms with Crippen molar-refractivity contribution in [1.82, 2.24) is 5.32 Å². The molecule has 4 unspecified atom stereocenters. The molecule has 0 aromatic heterocycles. The molecule has 1 aromatic rings. The van der Waals surface area contributed by atoms with Gasteiger partial charge in [-0.25, -0.2) is 0 Å². The minimum atomic E-state index is -0.281. The summed E-state index contributed by atoms with van der Waals surface area (Å²) in [5, 5.41) is 3.00. The second-order valence-electron chi connectivity index (χ2n) is 5.24. The first-order valence-electron chi connectivity index (χ1n) is 6.84. The molecule has 5 heteroatoms. The molecular weight excluding hydrogens is 258 g/mol. The molecule has 3 rings (SSSR count). The monoisotopic (exact) mass is 275 g/mol. The number of ether oxygens (including phenoxy) is 2. The van der Waals surface area contributed by atoms with Crippen LogP contribution in [0.25, 0.3) is 0 Å². The molecule has 2 fully saturated rings. The predicted molar refractivity (Wildman–Crippen MR) is 71.1 cm³/mol. The van der Waals surface area contributed by atoms with Gasteiger partial charge in [0.25, 0.3) is 5.91 Å². The smallest absolute Gasteiger partial charge is 0.302 e. The van der Waals surface area contributed by atoms with Gasteiger partial charge in [0, 0.05) is 12.5 Å². The minimum Gasteiger partial charge on any atom is -0.460 e. The van der Waals surface area contributed by atoms with E-state index in [0.717, 1.165) is 12.8 Å². The molecule has 1 saturated heterocycles. The van der Waals surface area contributed by atoms with Crippen molar-refractivity contribution in [3.05, 3.63) is 35.9 Å². The first-order valence-corrected chi connectivity index (χ1v) is 6.84. The fourth-order valence-electron chi connectivity index (χ4n) is 2.77. The molecule has 1 heterocycles. The average Bonchev–Trinajstić information content (AvgIpc) is 3.23. The van der Waals surface area contributed by atoms with Gasteiger partial charge in [0.05, 0.1) is 6.04 Å². The number of benzene rings is 1. The molecule has 0 bridgehead atoms. The number of hydrogen-bond acceptors (Lipinski definition) is 4. The van der Waals surface area contributed by atoms with E-state index in [2.05, 4.69) is 5.32 Å². The summed E-state index contributed by atoms with van der Waals surface area (Å²) < 4.78 is 10.8. The Morgan fingerprint density at radius 1 is 1.20 bits per heavy atom. The fourth-order valence-corrected chi connectivity index (χ4v) is 2.77. The van der Waals surface area contributed by atoms with Gasteiger partial charge in [0.15, 0.2) is 0 Å². The molecule has 1 aromatic carbocycles. The lowest BCUT2D eigenvalue weighted by Gasteiger charge is -2.25. The van der Waals surface area contributed by atoms with Crippen molar-refractivity contribution >= 4 is 11.9 Å². The average molecular weight is 275 g/mol. The van der Waals surface area contributed by atoms with Crippen LogP contribution in [0.15, 0.2) is 30.3 Å². The van der Waals surface area contributed by atoms with Crippen molar-refractivity contribution < 1.29 is 19.1 Å². The van der Waals surface area contributed by atoms with Gasteiger partial charge in [-0.15, -0.1) is 0 Å². The van der Waals surface area contributed by atoms with E-state index in [-0.39, 0.29) is 36.2 Å².